The molecule has 3 aliphatic rings. The van der Waals surface area contributed by atoms with Crippen LogP contribution in [-0.4, -0.2) is 16.5 Å². The number of rotatable bonds is 1. The maximum Gasteiger partial charge on any atom is 0.172 e. The fourth-order valence-corrected chi connectivity index (χ4v) is 2.38. The second kappa shape index (κ2) is 2.55. The summed E-state index contributed by atoms with van der Waals surface area (Å²) >= 11 is 0. The van der Waals surface area contributed by atoms with Crippen LogP contribution in [0.25, 0.3) is 0 Å². The van der Waals surface area contributed by atoms with Crippen LogP contribution in [-0.2, 0) is 4.79 Å². The van der Waals surface area contributed by atoms with Gasteiger partial charge in [0, 0.05) is 11.8 Å². The van der Waals surface area contributed by atoms with Crippen molar-refractivity contribution in [2.24, 2.45) is 17.8 Å². The van der Waals surface area contributed by atoms with Gasteiger partial charge in [-0.25, -0.2) is 0 Å². The van der Waals surface area contributed by atoms with Gasteiger partial charge in [0.25, 0.3) is 0 Å². The van der Waals surface area contributed by atoms with Crippen LogP contribution in [0, 0.1) is 17.8 Å². The lowest BCUT2D eigenvalue weighted by Gasteiger charge is -2.44. The van der Waals surface area contributed by atoms with E-state index < -0.39 is 5.60 Å². The molecule has 13 heavy (non-hydrogen) atoms. The lowest BCUT2D eigenvalue weighted by atomic mass is 9.61. The minimum absolute atomic E-state index is 0.0204. The quantitative estimate of drug-likeness (QED) is 0.615. The molecule has 0 radical (unpaired) electrons. The molecule has 2 bridgehead atoms. The van der Waals surface area contributed by atoms with Gasteiger partial charge < -0.3 is 5.11 Å². The molecule has 70 valence electrons. The monoisotopic (exact) mass is 178 g/mol. The highest BCUT2D eigenvalue weighted by atomic mass is 16.3. The second-order valence-corrected chi connectivity index (χ2v) is 4.16. The highest BCUT2D eigenvalue weighted by Crippen LogP contribution is 2.44. The third-order valence-electron chi connectivity index (χ3n) is 3.36. The van der Waals surface area contributed by atoms with E-state index in [9.17, 15) is 9.90 Å². The molecule has 4 atom stereocenters. The molecular formula is C11H14O2. The van der Waals surface area contributed by atoms with Gasteiger partial charge in [0.2, 0.25) is 0 Å². The van der Waals surface area contributed by atoms with Gasteiger partial charge >= 0.3 is 0 Å². The van der Waals surface area contributed by atoms with Gasteiger partial charge in [-0.05, 0) is 19.3 Å². The number of ketones is 1. The number of carbonyl (C=O) groups is 1. The Bertz CT molecular complexity index is 288. The first-order valence-electron chi connectivity index (χ1n) is 4.65. The van der Waals surface area contributed by atoms with Crippen molar-refractivity contribution < 1.29 is 9.90 Å². The van der Waals surface area contributed by atoms with Crippen LogP contribution in [0.2, 0.25) is 0 Å². The molecule has 1 N–H and O–H groups in total. The van der Waals surface area contributed by atoms with Crippen molar-refractivity contribution in [3.63, 3.8) is 0 Å². The zero-order chi connectivity index (χ0) is 9.64. The molecule has 2 heteroatoms. The van der Waals surface area contributed by atoms with Crippen molar-refractivity contribution in [2.45, 2.75) is 18.9 Å². The smallest absolute Gasteiger partial charge is 0.172 e. The summed E-state index contributed by atoms with van der Waals surface area (Å²) in [7, 11) is 0. The SMILES string of the molecule is C=CC1CC2C=CC1C(=O)C2(C)O. The molecule has 3 aliphatic carbocycles. The number of allylic oxidation sites excluding steroid dienone is 2. The molecule has 1 saturated carbocycles. The molecular weight excluding hydrogens is 164 g/mol. The van der Waals surface area contributed by atoms with Gasteiger partial charge in [-0.2, -0.15) is 0 Å². The standard InChI is InChI=1S/C11H14O2/c1-3-7-6-8-4-5-9(7)10(12)11(8,2)13/h3-5,7-9,13H,1,6H2,2H3. The van der Waals surface area contributed by atoms with E-state index in [-0.39, 0.29) is 23.5 Å². The fraction of sp³-hybridized carbons (Fsp3) is 0.545. The van der Waals surface area contributed by atoms with Gasteiger partial charge in [-0.15, -0.1) is 6.58 Å². The van der Waals surface area contributed by atoms with E-state index in [4.69, 9.17) is 0 Å². The number of aliphatic hydroxyl groups is 1. The predicted octanol–water partition coefficient (Wildman–Crippen LogP) is 1.31. The van der Waals surface area contributed by atoms with E-state index in [1.807, 2.05) is 18.2 Å². The maximum atomic E-state index is 11.7. The molecule has 0 aliphatic heterocycles. The summed E-state index contributed by atoms with van der Waals surface area (Å²) < 4.78 is 0. The average molecular weight is 178 g/mol. The van der Waals surface area contributed by atoms with Crippen molar-refractivity contribution >= 4 is 5.78 Å². The second-order valence-electron chi connectivity index (χ2n) is 4.16. The Hall–Kier alpha value is -0.890. The van der Waals surface area contributed by atoms with Gasteiger partial charge in [-0.1, -0.05) is 18.2 Å². The molecule has 0 saturated heterocycles. The van der Waals surface area contributed by atoms with E-state index in [2.05, 4.69) is 6.58 Å². The van der Waals surface area contributed by atoms with Crippen molar-refractivity contribution in [3.05, 3.63) is 24.8 Å². The average Bonchev–Trinajstić information content (AvgIpc) is 2.13. The third-order valence-corrected chi connectivity index (χ3v) is 3.36. The van der Waals surface area contributed by atoms with Crippen LogP contribution in [0.1, 0.15) is 13.3 Å². The molecule has 2 nitrogen and oxygen atoms in total. The number of hydrogen-bond donors (Lipinski definition) is 1. The Morgan fingerprint density at radius 2 is 2.38 bits per heavy atom. The molecule has 4 unspecified atom stereocenters. The summed E-state index contributed by atoms with van der Waals surface area (Å²) in [5, 5.41) is 9.91. The first-order valence-corrected chi connectivity index (χ1v) is 4.65. The first-order chi connectivity index (χ1) is 6.07. The number of Topliss-reactive ketones (excluding diaryl/α,β-unsaturated/α-hetero) is 1. The van der Waals surface area contributed by atoms with Crippen LogP contribution in [0.3, 0.4) is 0 Å². The molecule has 0 aromatic heterocycles. The molecule has 0 aromatic carbocycles. The van der Waals surface area contributed by atoms with Crippen LogP contribution < -0.4 is 0 Å². The topological polar surface area (TPSA) is 37.3 Å². The fourth-order valence-electron chi connectivity index (χ4n) is 2.38. The van der Waals surface area contributed by atoms with Crippen LogP contribution in [0.15, 0.2) is 24.8 Å². The first kappa shape index (κ1) is 8.70. The summed E-state index contributed by atoms with van der Waals surface area (Å²) in [6.45, 7) is 5.34. The minimum Gasteiger partial charge on any atom is -0.382 e. The molecule has 0 heterocycles. The Morgan fingerprint density at radius 3 is 2.92 bits per heavy atom. The Kier molecular flexibility index (Phi) is 1.70. The van der Waals surface area contributed by atoms with Crippen molar-refractivity contribution in [1.82, 2.24) is 0 Å². The summed E-state index contributed by atoms with van der Waals surface area (Å²) in [5.74, 6) is 0.0179. The number of fused-ring (bicyclic) bond motifs is 2. The van der Waals surface area contributed by atoms with Crippen LogP contribution in [0.5, 0.6) is 0 Å². The van der Waals surface area contributed by atoms with Gasteiger partial charge in [0.1, 0.15) is 5.60 Å². The predicted molar refractivity (Wildman–Crippen MR) is 50.1 cm³/mol. The zero-order valence-electron chi connectivity index (χ0n) is 7.73. The zero-order valence-corrected chi connectivity index (χ0v) is 7.73. The molecule has 3 rings (SSSR count). The van der Waals surface area contributed by atoms with Crippen LogP contribution in [0.4, 0.5) is 0 Å². The van der Waals surface area contributed by atoms with E-state index in [0.29, 0.717) is 0 Å². The summed E-state index contributed by atoms with van der Waals surface area (Å²) in [5.41, 5.74) is -1.14. The maximum absolute atomic E-state index is 11.7. The van der Waals surface area contributed by atoms with E-state index in [1.165, 1.54) is 0 Å². The lowest BCUT2D eigenvalue weighted by Crippen LogP contribution is -2.54. The van der Waals surface area contributed by atoms with Gasteiger partial charge in [0.15, 0.2) is 5.78 Å². The Labute approximate surface area is 78.0 Å². The van der Waals surface area contributed by atoms with Crippen LogP contribution >= 0.6 is 0 Å². The van der Waals surface area contributed by atoms with Crippen molar-refractivity contribution in [2.75, 3.05) is 0 Å². The third kappa shape index (κ3) is 1.02. The number of hydrogen-bond acceptors (Lipinski definition) is 2. The summed E-state index contributed by atoms with van der Waals surface area (Å²) in [6.07, 6.45) is 6.56. The normalized spacial score (nSPS) is 48.2. The highest BCUT2D eigenvalue weighted by molar-refractivity contribution is 5.93. The van der Waals surface area contributed by atoms with Crippen molar-refractivity contribution in [3.8, 4) is 0 Å². The lowest BCUT2D eigenvalue weighted by molar-refractivity contribution is -0.150. The van der Waals surface area contributed by atoms with Gasteiger partial charge in [0.05, 0.1) is 0 Å². The van der Waals surface area contributed by atoms with E-state index in [1.54, 1.807) is 6.92 Å². The summed E-state index contributed by atoms with van der Waals surface area (Å²) in [4.78, 5) is 11.7. The Balaban J connectivity index is 2.40. The molecule has 0 spiro atoms. The van der Waals surface area contributed by atoms with E-state index in [0.717, 1.165) is 6.42 Å². The largest absolute Gasteiger partial charge is 0.382 e. The summed E-state index contributed by atoms with van der Waals surface area (Å²) in [6, 6.07) is 0. The van der Waals surface area contributed by atoms with Gasteiger partial charge in [-0.3, -0.25) is 4.79 Å². The molecule has 0 aromatic rings. The highest BCUT2D eigenvalue weighted by Gasteiger charge is 2.50. The molecule has 1 fully saturated rings. The minimum atomic E-state index is -1.14. The van der Waals surface area contributed by atoms with E-state index >= 15 is 0 Å². The molecule has 0 amide bonds. The van der Waals surface area contributed by atoms with Crippen molar-refractivity contribution in [1.29, 1.82) is 0 Å². The number of carbonyl (C=O) groups excluding carboxylic acids is 1. The Morgan fingerprint density at radius 1 is 1.69 bits per heavy atom.